The molecule has 24 heavy (non-hydrogen) atoms. The summed E-state index contributed by atoms with van der Waals surface area (Å²) in [4.78, 5) is 13.6. The second-order valence-electron chi connectivity index (χ2n) is 5.55. The summed E-state index contributed by atoms with van der Waals surface area (Å²) >= 11 is 1.65. The fraction of sp³-hybridized carbons (Fsp3) is 0.316. The standard InChI is InChI=1S/C19H21O3PS/c1-3-22-18(20)19(2,23-21)17(15-10-6-4-7-11-15)14-24-16-12-8-5-9-13-16/h4-13,17H,3,14H2,1-2H3. The zero-order valence-electron chi connectivity index (χ0n) is 13.8. The number of hydrogen-bond acceptors (Lipinski definition) is 4. The van der Waals surface area contributed by atoms with Gasteiger partial charge in [0.05, 0.1) is 6.61 Å². The Hall–Kier alpha value is -1.64. The predicted molar refractivity (Wildman–Crippen MR) is 99.0 cm³/mol. The summed E-state index contributed by atoms with van der Waals surface area (Å²) in [5.74, 6) is -0.00946. The Morgan fingerprint density at radius 1 is 1.12 bits per heavy atom. The molecule has 5 heteroatoms. The molecule has 2 aromatic rings. The molecule has 0 aliphatic heterocycles. The van der Waals surface area contributed by atoms with E-state index in [2.05, 4.69) is 0 Å². The molecule has 0 aliphatic rings. The molecular formula is C19H21O3PS. The first kappa shape index (κ1) is 18.7. The van der Waals surface area contributed by atoms with Crippen LogP contribution < -0.4 is 0 Å². The lowest BCUT2D eigenvalue weighted by atomic mass is 9.88. The summed E-state index contributed by atoms with van der Waals surface area (Å²) in [6, 6.07) is 19.7. The molecule has 2 rings (SSSR count). The van der Waals surface area contributed by atoms with Crippen molar-refractivity contribution in [3.8, 4) is 0 Å². The second-order valence-corrected chi connectivity index (χ2v) is 7.75. The number of esters is 1. The third-order valence-electron chi connectivity index (χ3n) is 3.92. The summed E-state index contributed by atoms with van der Waals surface area (Å²) in [5.41, 5.74) is 0.986. The van der Waals surface area contributed by atoms with Crippen molar-refractivity contribution in [2.45, 2.75) is 29.8 Å². The van der Waals surface area contributed by atoms with E-state index < -0.39 is 11.1 Å². The summed E-state index contributed by atoms with van der Waals surface area (Å²) < 4.78 is 17.2. The zero-order chi connectivity index (χ0) is 17.4. The highest BCUT2D eigenvalue weighted by Gasteiger charge is 2.44. The van der Waals surface area contributed by atoms with Gasteiger partial charge in [-0.25, -0.2) is 0 Å². The largest absolute Gasteiger partial charge is 0.465 e. The number of rotatable bonds is 8. The van der Waals surface area contributed by atoms with Crippen LogP contribution in [0.15, 0.2) is 65.6 Å². The molecule has 0 N–H and O–H groups in total. The molecule has 0 saturated carbocycles. The van der Waals surface area contributed by atoms with Gasteiger partial charge in [0, 0.05) is 16.6 Å². The van der Waals surface area contributed by atoms with Gasteiger partial charge >= 0.3 is 5.97 Å². The monoisotopic (exact) mass is 360 g/mol. The van der Waals surface area contributed by atoms with Crippen LogP contribution in [-0.2, 0) is 14.1 Å². The predicted octanol–water partition coefficient (Wildman–Crippen LogP) is 5.18. The highest BCUT2D eigenvalue weighted by molar-refractivity contribution is 7.99. The summed E-state index contributed by atoms with van der Waals surface area (Å²) in [6.45, 7) is 3.75. The summed E-state index contributed by atoms with van der Waals surface area (Å²) in [7, 11) is -0.226. The first-order valence-electron chi connectivity index (χ1n) is 7.86. The SMILES string of the molecule is CCOC(=O)C(C)(P=O)C(CSc1ccccc1)c1ccccc1. The van der Waals surface area contributed by atoms with Crippen LogP contribution in [0.25, 0.3) is 0 Å². The average molecular weight is 360 g/mol. The van der Waals surface area contributed by atoms with E-state index in [9.17, 15) is 9.36 Å². The zero-order valence-corrected chi connectivity index (χ0v) is 15.6. The molecule has 0 saturated heterocycles. The van der Waals surface area contributed by atoms with Crippen LogP contribution in [0.1, 0.15) is 25.3 Å². The molecule has 0 amide bonds. The van der Waals surface area contributed by atoms with Crippen molar-refractivity contribution in [1.82, 2.24) is 0 Å². The maximum Gasteiger partial charge on any atom is 0.324 e. The molecule has 2 unspecified atom stereocenters. The number of ether oxygens (including phenoxy) is 1. The number of hydrogen-bond donors (Lipinski definition) is 0. The quantitative estimate of drug-likeness (QED) is 0.370. The lowest BCUT2D eigenvalue weighted by Gasteiger charge is -2.30. The Labute approximate surface area is 149 Å². The first-order valence-corrected chi connectivity index (χ1v) is 9.66. The van der Waals surface area contributed by atoms with Crippen LogP contribution >= 0.6 is 20.2 Å². The number of carbonyl (C=O) groups excluding carboxylic acids is 1. The Morgan fingerprint density at radius 3 is 2.25 bits per heavy atom. The van der Waals surface area contributed by atoms with Gasteiger partial charge in [-0.15, -0.1) is 11.8 Å². The minimum atomic E-state index is -1.11. The Bertz CT molecular complexity index is 663. The molecule has 0 radical (unpaired) electrons. The van der Waals surface area contributed by atoms with E-state index in [1.165, 1.54) is 0 Å². The maximum atomic E-state index is 12.5. The average Bonchev–Trinajstić information content (AvgIpc) is 2.63. The highest BCUT2D eigenvalue weighted by Crippen LogP contribution is 2.42. The number of benzene rings is 2. The van der Waals surface area contributed by atoms with Crippen molar-refractivity contribution in [2.75, 3.05) is 12.4 Å². The lowest BCUT2D eigenvalue weighted by Crippen LogP contribution is -2.39. The Kier molecular flexibility index (Phi) is 7.01. The van der Waals surface area contributed by atoms with Crippen LogP contribution in [0, 0.1) is 0 Å². The van der Waals surface area contributed by atoms with Gasteiger partial charge in [-0.2, -0.15) is 0 Å². The molecule has 3 nitrogen and oxygen atoms in total. The highest BCUT2D eigenvalue weighted by atomic mass is 32.2. The van der Waals surface area contributed by atoms with E-state index in [-0.39, 0.29) is 21.0 Å². The molecule has 0 fully saturated rings. The number of thioether (sulfide) groups is 1. The molecule has 2 aromatic carbocycles. The molecule has 0 aliphatic carbocycles. The van der Waals surface area contributed by atoms with Gasteiger partial charge < -0.3 is 4.74 Å². The van der Waals surface area contributed by atoms with Crippen LogP contribution in [0.5, 0.6) is 0 Å². The Morgan fingerprint density at radius 2 is 1.71 bits per heavy atom. The van der Waals surface area contributed by atoms with Crippen LogP contribution in [0.2, 0.25) is 0 Å². The number of carbonyl (C=O) groups is 1. The molecule has 2 atom stereocenters. The molecule has 0 heterocycles. The minimum Gasteiger partial charge on any atom is -0.465 e. The van der Waals surface area contributed by atoms with E-state index in [1.54, 1.807) is 25.6 Å². The van der Waals surface area contributed by atoms with Gasteiger partial charge in [-0.05, 0) is 31.5 Å². The van der Waals surface area contributed by atoms with Crippen molar-refractivity contribution in [1.29, 1.82) is 0 Å². The van der Waals surface area contributed by atoms with Crippen molar-refractivity contribution in [2.24, 2.45) is 0 Å². The molecule has 126 valence electrons. The van der Waals surface area contributed by atoms with Crippen LogP contribution in [0.3, 0.4) is 0 Å². The molecule has 0 spiro atoms. The maximum absolute atomic E-state index is 12.5. The molecule has 0 aromatic heterocycles. The fourth-order valence-corrected chi connectivity index (χ4v) is 4.35. The third kappa shape index (κ3) is 4.46. The third-order valence-corrected chi connectivity index (χ3v) is 5.90. The van der Waals surface area contributed by atoms with E-state index in [1.807, 2.05) is 60.7 Å². The van der Waals surface area contributed by atoms with Gasteiger partial charge in [0.25, 0.3) is 0 Å². The van der Waals surface area contributed by atoms with Gasteiger partial charge in [0.15, 0.2) is 13.6 Å². The van der Waals surface area contributed by atoms with Gasteiger partial charge in [-0.1, -0.05) is 48.5 Å². The normalized spacial score (nSPS) is 14.8. The van der Waals surface area contributed by atoms with Crippen molar-refractivity contribution < 1.29 is 14.1 Å². The van der Waals surface area contributed by atoms with Crippen LogP contribution in [0.4, 0.5) is 0 Å². The summed E-state index contributed by atoms with van der Waals surface area (Å²) in [5, 5.41) is -1.11. The molecule has 0 bridgehead atoms. The molecular weight excluding hydrogens is 339 g/mol. The van der Waals surface area contributed by atoms with Crippen molar-refractivity contribution >= 4 is 26.2 Å². The fourth-order valence-electron chi connectivity index (χ4n) is 2.49. The van der Waals surface area contributed by atoms with Gasteiger partial charge in [0.1, 0.15) is 0 Å². The van der Waals surface area contributed by atoms with E-state index in [0.29, 0.717) is 5.75 Å². The van der Waals surface area contributed by atoms with E-state index >= 15 is 0 Å². The first-order chi connectivity index (χ1) is 11.6. The van der Waals surface area contributed by atoms with E-state index in [4.69, 9.17) is 4.74 Å². The topological polar surface area (TPSA) is 43.4 Å². The second kappa shape index (κ2) is 9.00. The van der Waals surface area contributed by atoms with Gasteiger partial charge in [0.2, 0.25) is 0 Å². The Balaban J connectivity index is 2.31. The summed E-state index contributed by atoms with van der Waals surface area (Å²) in [6.07, 6.45) is 0. The lowest BCUT2D eigenvalue weighted by molar-refractivity contribution is -0.146. The van der Waals surface area contributed by atoms with Crippen molar-refractivity contribution in [3.63, 3.8) is 0 Å². The van der Waals surface area contributed by atoms with Crippen LogP contribution in [-0.4, -0.2) is 23.5 Å². The minimum absolute atomic E-state index is 0.220. The van der Waals surface area contributed by atoms with E-state index in [0.717, 1.165) is 10.5 Å². The van der Waals surface area contributed by atoms with Gasteiger partial charge in [-0.3, -0.25) is 9.36 Å². The van der Waals surface area contributed by atoms with Crippen molar-refractivity contribution in [3.05, 3.63) is 66.2 Å². The smallest absolute Gasteiger partial charge is 0.324 e.